The first-order valence-corrected chi connectivity index (χ1v) is 17.6. The molecule has 46 heavy (non-hydrogen) atoms. The van der Waals surface area contributed by atoms with E-state index in [1.807, 2.05) is 12.1 Å². The summed E-state index contributed by atoms with van der Waals surface area (Å²) >= 11 is 0. The molecular formula is C43H30N2Si. The average Bonchev–Trinajstić information content (AvgIpc) is 3.48. The van der Waals surface area contributed by atoms with Crippen molar-refractivity contribution in [2.45, 2.75) is 0 Å². The van der Waals surface area contributed by atoms with Crippen LogP contribution >= 0.6 is 0 Å². The van der Waals surface area contributed by atoms with Crippen LogP contribution in [0.25, 0.3) is 38.6 Å². The number of fused-ring (bicyclic) bond motifs is 3. The molecule has 3 heteroatoms. The van der Waals surface area contributed by atoms with Crippen molar-refractivity contribution < 1.29 is 0 Å². The van der Waals surface area contributed by atoms with Gasteiger partial charge in [-0.05, 0) is 56.6 Å². The van der Waals surface area contributed by atoms with E-state index in [1.165, 1.54) is 53.7 Å². The molecule has 1 aromatic heterocycles. The maximum atomic E-state index is 9.71. The summed E-state index contributed by atoms with van der Waals surface area (Å²) in [5, 5.41) is 17.3. The number of hydrogen-bond acceptors (Lipinski definition) is 1. The van der Waals surface area contributed by atoms with Crippen LogP contribution in [0.3, 0.4) is 0 Å². The third-order valence-electron chi connectivity index (χ3n) is 9.21. The topological polar surface area (TPSA) is 28.7 Å². The molecule has 7 aromatic carbocycles. The normalized spacial score (nSPS) is 11.5. The van der Waals surface area contributed by atoms with Crippen LogP contribution in [-0.2, 0) is 0 Å². The van der Waals surface area contributed by atoms with E-state index in [1.54, 1.807) is 0 Å². The van der Waals surface area contributed by atoms with E-state index in [0.717, 1.165) is 5.69 Å². The van der Waals surface area contributed by atoms with Crippen LogP contribution in [0.5, 0.6) is 0 Å². The van der Waals surface area contributed by atoms with Gasteiger partial charge in [0.2, 0.25) is 0 Å². The van der Waals surface area contributed by atoms with Crippen LogP contribution in [0, 0.1) is 11.3 Å². The minimum absolute atomic E-state index is 0.665. The molecule has 0 radical (unpaired) electrons. The van der Waals surface area contributed by atoms with E-state index in [2.05, 4.69) is 180 Å². The Morgan fingerprint density at radius 1 is 0.413 bits per heavy atom. The van der Waals surface area contributed by atoms with Gasteiger partial charge in [-0.2, -0.15) is 5.26 Å². The highest BCUT2D eigenvalue weighted by atomic mass is 28.3. The summed E-state index contributed by atoms with van der Waals surface area (Å²) in [5.41, 5.74) is 6.59. The summed E-state index contributed by atoms with van der Waals surface area (Å²) in [6.45, 7) is 0. The fraction of sp³-hybridized carbons (Fsp3) is 0. The van der Waals surface area contributed by atoms with Gasteiger partial charge in [0, 0.05) is 16.3 Å². The predicted octanol–water partition coefficient (Wildman–Crippen LogP) is 7.70. The molecule has 216 valence electrons. The summed E-state index contributed by atoms with van der Waals surface area (Å²) in [6.07, 6.45) is 0. The number of nitrogens with zero attached hydrogens (tertiary/aromatic N) is 2. The number of aromatic nitrogens is 1. The van der Waals surface area contributed by atoms with Crippen LogP contribution in [0.1, 0.15) is 5.56 Å². The second kappa shape index (κ2) is 11.5. The summed E-state index contributed by atoms with van der Waals surface area (Å²) in [4.78, 5) is 0. The van der Waals surface area contributed by atoms with Gasteiger partial charge in [-0.15, -0.1) is 0 Å². The van der Waals surface area contributed by atoms with Gasteiger partial charge >= 0.3 is 0 Å². The predicted molar refractivity (Wildman–Crippen MR) is 195 cm³/mol. The Labute approximate surface area is 270 Å². The quantitative estimate of drug-likeness (QED) is 0.142. The van der Waals surface area contributed by atoms with Gasteiger partial charge in [-0.3, -0.25) is 0 Å². The van der Waals surface area contributed by atoms with Crippen molar-refractivity contribution in [1.82, 2.24) is 4.57 Å². The van der Waals surface area contributed by atoms with Gasteiger partial charge in [0.05, 0.1) is 28.4 Å². The van der Waals surface area contributed by atoms with E-state index in [-0.39, 0.29) is 0 Å². The number of nitriles is 1. The Morgan fingerprint density at radius 3 is 1.46 bits per heavy atom. The molecule has 0 N–H and O–H groups in total. The molecule has 8 rings (SSSR count). The lowest BCUT2D eigenvalue weighted by molar-refractivity contribution is 1.18. The van der Waals surface area contributed by atoms with Crippen LogP contribution in [0.4, 0.5) is 0 Å². The fourth-order valence-electron chi connectivity index (χ4n) is 7.26. The first kappa shape index (κ1) is 27.6. The van der Waals surface area contributed by atoms with E-state index in [4.69, 9.17) is 0 Å². The van der Waals surface area contributed by atoms with Gasteiger partial charge < -0.3 is 4.57 Å². The van der Waals surface area contributed by atoms with Gasteiger partial charge in [0.25, 0.3) is 0 Å². The summed E-state index contributed by atoms with van der Waals surface area (Å²) < 4.78 is 2.42. The highest BCUT2D eigenvalue weighted by Gasteiger charge is 2.43. The van der Waals surface area contributed by atoms with Gasteiger partial charge in [-0.25, -0.2) is 0 Å². The van der Waals surface area contributed by atoms with E-state index < -0.39 is 8.07 Å². The van der Waals surface area contributed by atoms with Crippen molar-refractivity contribution in [2.75, 3.05) is 0 Å². The standard InChI is InChI=1S/C43H30N2Si/c44-31-32-27-29-35(30-28-32)46(33-15-3-1-4-16-33,34-17-5-2-6-18-34)43-26-14-10-22-39(43)38-21-9-13-25-42(38)45-40-23-11-7-19-36(40)37-20-8-12-24-41(37)45/h1-30H. The van der Waals surface area contributed by atoms with Crippen molar-refractivity contribution in [3.63, 3.8) is 0 Å². The Morgan fingerprint density at radius 2 is 0.870 bits per heavy atom. The third-order valence-corrected chi connectivity index (χ3v) is 14.0. The Bertz CT molecular complexity index is 2270. The summed E-state index contributed by atoms with van der Waals surface area (Å²) in [6, 6.07) is 67.7. The van der Waals surface area contributed by atoms with Crippen molar-refractivity contribution >= 4 is 50.6 Å². The zero-order valence-corrected chi connectivity index (χ0v) is 26.2. The van der Waals surface area contributed by atoms with Crippen LogP contribution in [0.15, 0.2) is 182 Å². The maximum absolute atomic E-state index is 9.71. The second-order valence-corrected chi connectivity index (χ2v) is 15.4. The van der Waals surface area contributed by atoms with Gasteiger partial charge in [0.1, 0.15) is 0 Å². The van der Waals surface area contributed by atoms with Crippen molar-refractivity contribution in [2.24, 2.45) is 0 Å². The molecule has 0 atom stereocenters. The number of hydrogen-bond donors (Lipinski definition) is 0. The minimum atomic E-state index is -2.90. The molecule has 2 nitrogen and oxygen atoms in total. The Hall–Kier alpha value is -5.95. The number of para-hydroxylation sites is 3. The molecule has 0 aliphatic heterocycles. The van der Waals surface area contributed by atoms with Crippen molar-refractivity contribution in [1.29, 1.82) is 5.26 Å². The first-order chi connectivity index (χ1) is 22.8. The highest BCUT2D eigenvalue weighted by Crippen LogP contribution is 2.36. The molecular weight excluding hydrogens is 573 g/mol. The lowest BCUT2D eigenvalue weighted by atomic mass is 10.0. The zero-order chi connectivity index (χ0) is 30.9. The monoisotopic (exact) mass is 602 g/mol. The Balaban J connectivity index is 1.49. The smallest absolute Gasteiger partial charge is 0.180 e. The van der Waals surface area contributed by atoms with Crippen molar-refractivity contribution in [3.8, 4) is 22.9 Å². The largest absolute Gasteiger partial charge is 0.309 e. The molecule has 8 aromatic rings. The van der Waals surface area contributed by atoms with Crippen LogP contribution in [0.2, 0.25) is 0 Å². The molecule has 0 saturated heterocycles. The Kier molecular flexibility index (Phi) is 6.91. The first-order valence-electron chi connectivity index (χ1n) is 15.6. The molecule has 0 aliphatic carbocycles. The van der Waals surface area contributed by atoms with E-state index in [9.17, 15) is 5.26 Å². The second-order valence-electron chi connectivity index (χ2n) is 11.6. The lowest BCUT2D eigenvalue weighted by Crippen LogP contribution is -2.75. The van der Waals surface area contributed by atoms with Crippen LogP contribution < -0.4 is 20.7 Å². The fourth-order valence-corrected chi connectivity index (χ4v) is 12.2. The minimum Gasteiger partial charge on any atom is -0.309 e. The molecule has 1 heterocycles. The maximum Gasteiger partial charge on any atom is 0.180 e. The SMILES string of the molecule is N#Cc1ccc([Si](c2ccccc2)(c2ccccc2)c2ccccc2-c2ccccc2-n2c3ccccc3c3ccccc32)cc1. The van der Waals surface area contributed by atoms with Gasteiger partial charge in [0.15, 0.2) is 8.07 Å². The molecule has 0 amide bonds. The van der Waals surface area contributed by atoms with Crippen molar-refractivity contribution in [3.05, 3.63) is 188 Å². The molecule has 0 unspecified atom stereocenters. The highest BCUT2D eigenvalue weighted by molar-refractivity contribution is 7.20. The summed E-state index contributed by atoms with van der Waals surface area (Å²) in [5.74, 6) is 0. The third kappa shape index (κ3) is 4.31. The average molecular weight is 603 g/mol. The lowest BCUT2D eigenvalue weighted by Gasteiger charge is -2.36. The van der Waals surface area contributed by atoms with E-state index >= 15 is 0 Å². The number of rotatable bonds is 6. The molecule has 0 fully saturated rings. The molecule has 0 bridgehead atoms. The number of benzene rings is 7. The summed E-state index contributed by atoms with van der Waals surface area (Å²) in [7, 11) is -2.90. The van der Waals surface area contributed by atoms with E-state index in [0.29, 0.717) is 5.56 Å². The zero-order valence-electron chi connectivity index (χ0n) is 25.2. The molecule has 0 spiro atoms. The van der Waals surface area contributed by atoms with Crippen LogP contribution in [-0.4, -0.2) is 12.6 Å². The van der Waals surface area contributed by atoms with Gasteiger partial charge in [-0.1, -0.05) is 152 Å². The molecule has 0 aliphatic rings. The molecule has 0 saturated carbocycles.